The number of anilines is 2. The van der Waals surface area contributed by atoms with Gasteiger partial charge in [0.15, 0.2) is 10.8 Å². The smallest absolute Gasteiger partial charge is 0.418 e. The van der Waals surface area contributed by atoms with E-state index in [-0.39, 0.29) is 10.8 Å². The van der Waals surface area contributed by atoms with Crippen molar-refractivity contribution < 1.29 is 46.3 Å². The maximum atomic E-state index is 13.3. The number of rotatable bonds is 13. The third-order valence-corrected chi connectivity index (χ3v) is 8.48. The molecule has 0 radical (unpaired) electrons. The van der Waals surface area contributed by atoms with Gasteiger partial charge in [-0.3, -0.25) is 14.1 Å². The van der Waals surface area contributed by atoms with Crippen molar-refractivity contribution in [2.75, 3.05) is 30.7 Å². The van der Waals surface area contributed by atoms with E-state index in [0.717, 1.165) is 53.9 Å². The van der Waals surface area contributed by atoms with E-state index in [2.05, 4.69) is 35.4 Å². The zero-order chi connectivity index (χ0) is 33.9. The van der Waals surface area contributed by atoms with Crippen molar-refractivity contribution in [1.29, 1.82) is 0 Å². The summed E-state index contributed by atoms with van der Waals surface area (Å²) in [6.07, 6.45) is 1.93. The van der Waals surface area contributed by atoms with Crippen molar-refractivity contribution in [3.8, 4) is 5.75 Å². The molecule has 0 aliphatic carbocycles. The summed E-state index contributed by atoms with van der Waals surface area (Å²) in [4.78, 5) is 51.5. The van der Waals surface area contributed by atoms with Crippen LogP contribution in [0.1, 0.15) is 32.4 Å². The molecule has 2 fully saturated rings. The number of carbonyl (C=O) groups is 3. The molecule has 47 heavy (non-hydrogen) atoms. The quantitative estimate of drug-likeness (QED) is 0.0618. The lowest BCUT2D eigenvalue weighted by Gasteiger charge is -2.50. The highest BCUT2D eigenvalue weighted by Crippen LogP contribution is 2.33. The standard InChI is InChI=1S/C27H32N8O10S2/c1-27(2)21(24(37)35(27)45-47(40,41)42)33-23(36)20(18-13-46-26(28)32-18)34-44-19(25(38)39)12-43-16-3-4-17-14(11-16)5-10-30-22(17)31-15-6-8-29-9-7-15/h3-5,10-11,13,15,19,21,29H,6-9,12H2,1-2H3,(H2,28,32)(H,30,31)(H,33,36)(H,38,39)(H,40,41,42)/b34-20-/t19-,21+/m0/s1. The molecule has 7 N–H and O–H groups in total. The van der Waals surface area contributed by atoms with E-state index in [4.69, 9.17) is 19.9 Å². The van der Waals surface area contributed by atoms with E-state index in [0.29, 0.717) is 16.9 Å². The Labute approximate surface area is 272 Å². The molecule has 0 bridgehead atoms. The van der Waals surface area contributed by atoms with Crippen LogP contribution in [0.3, 0.4) is 0 Å². The first-order valence-electron chi connectivity index (χ1n) is 14.2. The number of benzene rings is 1. The molecular weight excluding hydrogens is 660 g/mol. The van der Waals surface area contributed by atoms with Gasteiger partial charge in [0.1, 0.15) is 29.9 Å². The van der Waals surface area contributed by atoms with Gasteiger partial charge in [0.05, 0.1) is 5.54 Å². The van der Waals surface area contributed by atoms with Gasteiger partial charge < -0.3 is 36.4 Å². The second-order valence-corrected chi connectivity index (χ2v) is 13.1. The highest BCUT2D eigenvalue weighted by atomic mass is 32.3. The van der Waals surface area contributed by atoms with Gasteiger partial charge in [-0.1, -0.05) is 5.16 Å². The largest absolute Gasteiger partial charge is 0.489 e. The zero-order valence-electron chi connectivity index (χ0n) is 25.1. The summed E-state index contributed by atoms with van der Waals surface area (Å²) in [6, 6.07) is 5.99. The molecule has 2 atom stereocenters. The number of carboxylic acids is 1. The topological polar surface area (TPSA) is 257 Å². The Kier molecular flexibility index (Phi) is 9.77. The van der Waals surface area contributed by atoms with E-state index in [1.165, 1.54) is 19.2 Å². The number of hydroxylamine groups is 2. The number of amides is 2. The van der Waals surface area contributed by atoms with Crippen LogP contribution in [0, 0.1) is 0 Å². The number of pyridine rings is 1. The minimum Gasteiger partial charge on any atom is -0.489 e. The lowest BCUT2D eigenvalue weighted by atomic mass is 9.84. The predicted octanol–water partition coefficient (Wildman–Crippen LogP) is 0.530. The lowest BCUT2D eigenvalue weighted by molar-refractivity contribution is -0.218. The lowest BCUT2D eigenvalue weighted by Crippen LogP contribution is -2.76. The number of aliphatic carboxylic acids is 1. The van der Waals surface area contributed by atoms with Crippen LogP contribution < -0.4 is 26.4 Å². The highest BCUT2D eigenvalue weighted by Gasteiger charge is 2.58. The molecule has 2 saturated heterocycles. The number of hydrogen-bond acceptors (Lipinski definition) is 15. The second kappa shape index (κ2) is 13.6. The number of fused-ring (bicyclic) bond motifs is 1. The number of nitrogen functional groups attached to an aromatic ring is 1. The summed E-state index contributed by atoms with van der Waals surface area (Å²) in [5, 5.41) is 26.2. The van der Waals surface area contributed by atoms with E-state index < -0.39 is 58.2 Å². The molecule has 0 saturated carbocycles. The molecule has 2 aliphatic heterocycles. The normalized spacial score (nSPS) is 19.1. The SMILES string of the molecule is CC1(C)[C@H](NC(=O)/C(=N\O[C@@H](COc2ccc3c(NC4CCNCC4)nccc3c2)C(=O)O)c2csc(N)n2)C(=O)N1OS(=O)(=O)O. The van der Waals surface area contributed by atoms with Gasteiger partial charge in [-0.2, -0.15) is 13.5 Å². The third-order valence-electron chi connectivity index (χ3n) is 7.46. The van der Waals surface area contributed by atoms with Crippen molar-refractivity contribution in [3.05, 3.63) is 41.5 Å². The number of ether oxygens (including phenoxy) is 1. The fourth-order valence-electron chi connectivity index (χ4n) is 4.98. The first-order chi connectivity index (χ1) is 22.2. The number of nitrogens with two attached hydrogens (primary N) is 1. The Morgan fingerprint density at radius 1 is 1.28 bits per heavy atom. The Morgan fingerprint density at radius 3 is 2.66 bits per heavy atom. The molecule has 5 rings (SSSR count). The fraction of sp³-hybridized carbons (Fsp3) is 0.407. The molecule has 1 aromatic carbocycles. The summed E-state index contributed by atoms with van der Waals surface area (Å²) >= 11 is 0.963. The summed E-state index contributed by atoms with van der Waals surface area (Å²) in [5.74, 6) is -2.37. The number of piperidine rings is 1. The molecule has 18 nitrogen and oxygen atoms in total. The van der Waals surface area contributed by atoms with E-state index in [1.807, 2.05) is 6.07 Å². The number of nitrogens with zero attached hydrogens (tertiary/aromatic N) is 4. The Hall–Kier alpha value is -4.63. The number of hydrogen-bond donors (Lipinski definition) is 6. The molecule has 3 aromatic rings. The molecule has 252 valence electrons. The molecule has 2 amide bonds. The number of nitrogens with one attached hydrogen (secondary N) is 3. The first-order valence-corrected chi connectivity index (χ1v) is 16.5. The zero-order valence-corrected chi connectivity index (χ0v) is 26.7. The van der Waals surface area contributed by atoms with Crippen LogP contribution in [0.4, 0.5) is 10.9 Å². The number of aromatic nitrogens is 2. The second-order valence-electron chi connectivity index (χ2n) is 11.2. The monoisotopic (exact) mass is 692 g/mol. The van der Waals surface area contributed by atoms with Crippen LogP contribution in [0.15, 0.2) is 41.0 Å². The van der Waals surface area contributed by atoms with Gasteiger partial charge >= 0.3 is 16.4 Å². The van der Waals surface area contributed by atoms with Crippen LogP contribution in [0.2, 0.25) is 0 Å². The number of β-lactam (4-membered cyclic amide) rings is 1. The molecule has 4 heterocycles. The Morgan fingerprint density at radius 2 is 2.02 bits per heavy atom. The molecule has 0 unspecified atom stereocenters. The first kappa shape index (κ1) is 33.7. The van der Waals surface area contributed by atoms with Gasteiger partial charge in [0.2, 0.25) is 0 Å². The van der Waals surface area contributed by atoms with E-state index >= 15 is 0 Å². The van der Waals surface area contributed by atoms with Crippen molar-refractivity contribution in [1.82, 2.24) is 25.7 Å². The number of carboxylic acid groups (broad SMARTS) is 1. The fourth-order valence-corrected chi connectivity index (χ4v) is 5.98. The van der Waals surface area contributed by atoms with Crippen molar-refractivity contribution in [2.24, 2.45) is 5.16 Å². The molecule has 2 aliphatic rings. The Bertz CT molecular complexity index is 1810. The Balaban J connectivity index is 1.28. The van der Waals surface area contributed by atoms with Crippen LogP contribution in [-0.2, 0) is 33.9 Å². The van der Waals surface area contributed by atoms with Gasteiger partial charge in [0, 0.05) is 23.0 Å². The minimum absolute atomic E-state index is 0.0620. The van der Waals surface area contributed by atoms with Gasteiger partial charge in [-0.25, -0.2) is 14.8 Å². The van der Waals surface area contributed by atoms with Crippen LogP contribution in [0.25, 0.3) is 10.8 Å². The molecule has 20 heteroatoms. The average Bonchev–Trinajstić information content (AvgIpc) is 3.45. The summed E-state index contributed by atoms with van der Waals surface area (Å²) in [6.45, 7) is 4.08. The maximum Gasteiger partial charge on any atom is 0.418 e. The van der Waals surface area contributed by atoms with Crippen molar-refractivity contribution in [2.45, 2.75) is 50.4 Å². The summed E-state index contributed by atoms with van der Waals surface area (Å²) < 4.78 is 41.2. The van der Waals surface area contributed by atoms with Crippen LogP contribution in [0.5, 0.6) is 5.75 Å². The number of thiazole rings is 1. The van der Waals surface area contributed by atoms with Gasteiger partial charge in [-0.15, -0.1) is 15.6 Å². The van der Waals surface area contributed by atoms with Crippen molar-refractivity contribution in [3.63, 3.8) is 0 Å². The van der Waals surface area contributed by atoms with Crippen LogP contribution >= 0.6 is 11.3 Å². The van der Waals surface area contributed by atoms with Crippen LogP contribution in [-0.4, -0.2) is 100 Å². The number of carbonyl (C=O) groups excluding carboxylic acids is 2. The predicted molar refractivity (Wildman–Crippen MR) is 168 cm³/mol. The van der Waals surface area contributed by atoms with E-state index in [9.17, 15) is 27.9 Å². The summed E-state index contributed by atoms with van der Waals surface area (Å²) in [5.41, 5.74) is 3.68. The van der Waals surface area contributed by atoms with Gasteiger partial charge in [0.25, 0.3) is 17.9 Å². The molecule has 2 aromatic heterocycles. The highest BCUT2D eigenvalue weighted by molar-refractivity contribution is 7.80. The van der Waals surface area contributed by atoms with Gasteiger partial charge in [-0.05, 0) is 69.4 Å². The average molecular weight is 693 g/mol. The third kappa shape index (κ3) is 7.85. The summed E-state index contributed by atoms with van der Waals surface area (Å²) in [7, 11) is -5.02. The molecule has 0 spiro atoms. The minimum atomic E-state index is -5.02. The maximum absolute atomic E-state index is 13.3. The van der Waals surface area contributed by atoms with Crippen molar-refractivity contribution >= 4 is 67.0 Å². The molecular formula is C27H32N8O10S2. The number of oxime groups is 1. The van der Waals surface area contributed by atoms with E-state index in [1.54, 1.807) is 24.4 Å².